The highest BCUT2D eigenvalue weighted by Crippen LogP contribution is 2.45. The number of fused-ring (bicyclic) bond motifs is 2. The minimum Gasteiger partial charge on any atom is -0.748 e. The van der Waals surface area contributed by atoms with Crippen LogP contribution >= 0.6 is 46.3 Å². The van der Waals surface area contributed by atoms with Crippen LogP contribution in [0.5, 0.6) is 0 Å². The third-order valence-electron chi connectivity index (χ3n) is 4.66. The lowest BCUT2D eigenvalue weighted by molar-refractivity contribution is -0.667. The predicted octanol–water partition coefficient (Wildman–Crippen LogP) is 5.91. The molecular weight excluding hydrogens is 495 g/mol. The van der Waals surface area contributed by atoms with Gasteiger partial charge in [-0.2, -0.15) is 4.57 Å². The Morgan fingerprint density at radius 1 is 1.13 bits per heavy atom. The van der Waals surface area contributed by atoms with Gasteiger partial charge in [0.05, 0.1) is 20.8 Å². The van der Waals surface area contributed by atoms with Crippen molar-refractivity contribution < 1.29 is 17.5 Å². The fourth-order valence-electron chi connectivity index (χ4n) is 3.12. The maximum atomic E-state index is 10.5. The summed E-state index contributed by atoms with van der Waals surface area (Å²) >= 11 is 15.3. The zero-order valence-electron chi connectivity index (χ0n) is 17.0. The van der Waals surface area contributed by atoms with E-state index in [-0.39, 0.29) is 5.75 Å². The predicted molar refractivity (Wildman–Crippen MR) is 130 cm³/mol. The van der Waals surface area contributed by atoms with Crippen molar-refractivity contribution in [1.82, 2.24) is 0 Å². The molecule has 0 bridgehead atoms. The molecule has 2 heterocycles. The molecule has 0 saturated heterocycles. The Balaban J connectivity index is 0.000000185. The van der Waals surface area contributed by atoms with E-state index in [0.717, 1.165) is 15.2 Å². The quantitative estimate of drug-likeness (QED) is 0.239. The zero-order valence-corrected chi connectivity index (χ0v) is 21.0. The lowest BCUT2D eigenvalue weighted by Gasteiger charge is -2.12. The minimum absolute atomic E-state index is 0.295. The molecule has 5 nitrogen and oxygen atoms in total. The number of anilines is 1. The monoisotopic (exact) mass is 516 g/mol. The molecule has 0 spiro atoms. The molecule has 10 heteroatoms. The largest absolute Gasteiger partial charge is 0.748 e. The van der Waals surface area contributed by atoms with Gasteiger partial charge in [-0.25, -0.2) is 8.42 Å². The number of allylic oxidation sites excluding steroid dienone is 1. The molecule has 4 rings (SSSR count). The van der Waals surface area contributed by atoms with Gasteiger partial charge in [-0.3, -0.25) is 0 Å². The fourth-order valence-corrected chi connectivity index (χ4v) is 5.93. The lowest BCUT2D eigenvalue weighted by atomic mass is 10.3. The van der Waals surface area contributed by atoms with E-state index in [2.05, 4.69) is 24.1 Å². The van der Waals surface area contributed by atoms with Gasteiger partial charge in [-0.05, 0) is 43.7 Å². The average molecular weight is 518 g/mol. The van der Waals surface area contributed by atoms with Crippen LogP contribution in [0.3, 0.4) is 0 Å². The normalized spacial score (nSPS) is 14.6. The summed E-state index contributed by atoms with van der Waals surface area (Å²) in [6, 6.07) is 11.7. The van der Waals surface area contributed by atoms with Gasteiger partial charge in [0.25, 0.3) is 0 Å². The van der Waals surface area contributed by atoms with E-state index in [0.29, 0.717) is 24.4 Å². The van der Waals surface area contributed by atoms with E-state index in [9.17, 15) is 13.0 Å². The highest BCUT2D eigenvalue weighted by Gasteiger charge is 2.20. The second-order valence-corrected chi connectivity index (χ2v) is 11.2. The van der Waals surface area contributed by atoms with Crippen LogP contribution in [0.15, 0.2) is 57.9 Å². The number of hydrogen-bond acceptors (Lipinski definition) is 6. The summed E-state index contributed by atoms with van der Waals surface area (Å²) in [6.07, 6.45) is 3.15. The summed E-state index contributed by atoms with van der Waals surface area (Å²) in [5.74, 6) is -0.295. The highest BCUT2D eigenvalue weighted by atomic mass is 35.5. The number of aryl methyl sites for hydroxylation is 1. The summed E-state index contributed by atoms with van der Waals surface area (Å²) in [5.41, 5.74) is 4.22. The summed E-state index contributed by atoms with van der Waals surface area (Å²) in [7, 11) is -2.03. The topological polar surface area (TPSA) is 64.3 Å². The molecule has 0 amide bonds. The first-order valence-electron chi connectivity index (χ1n) is 9.55. The minimum atomic E-state index is -4.09. The first-order chi connectivity index (χ1) is 14.7. The third kappa shape index (κ3) is 6.60. The van der Waals surface area contributed by atoms with Crippen LogP contribution in [0.1, 0.15) is 19.8 Å². The van der Waals surface area contributed by atoms with Crippen molar-refractivity contribution in [2.24, 2.45) is 0 Å². The van der Waals surface area contributed by atoms with Crippen LogP contribution in [0, 0.1) is 0 Å². The molecule has 1 aliphatic heterocycles. The van der Waals surface area contributed by atoms with Crippen molar-refractivity contribution in [3.63, 3.8) is 0 Å². The van der Waals surface area contributed by atoms with E-state index >= 15 is 0 Å². The van der Waals surface area contributed by atoms with Gasteiger partial charge >= 0.3 is 0 Å². The Hall–Kier alpha value is -1.29. The van der Waals surface area contributed by atoms with Gasteiger partial charge in [-0.1, -0.05) is 52.4 Å². The maximum Gasteiger partial charge on any atom is 0.225 e. The number of thioether (sulfide) groups is 1. The molecule has 2 aromatic carbocycles. The van der Waals surface area contributed by atoms with Crippen LogP contribution in [0.4, 0.5) is 5.69 Å². The summed E-state index contributed by atoms with van der Waals surface area (Å²) < 4.78 is 34.6. The van der Waals surface area contributed by atoms with Crippen LogP contribution in [0.25, 0.3) is 10.2 Å². The summed E-state index contributed by atoms with van der Waals surface area (Å²) in [6.45, 7) is 2.74. The molecule has 0 fully saturated rings. The van der Waals surface area contributed by atoms with Crippen LogP contribution < -0.4 is 9.47 Å². The van der Waals surface area contributed by atoms with Crippen molar-refractivity contribution in [2.75, 3.05) is 17.7 Å². The number of rotatable bonds is 5. The van der Waals surface area contributed by atoms with Crippen LogP contribution in [0.2, 0.25) is 10.0 Å². The number of halogens is 2. The van der Waals surface area contributed by atoms with Crippen LogP contribution in [-0.4, -0.2) is 25.8 Å². The van der Waals surface area contributed by atoms with Gasteiger partial charge < -0.3 is 9.45 Å². The SMILES string of the molecule is CC=C1Sc2ccc(Cl)cc2N1C.O=S(=O)([O-])CCCC[n+]1csc2ccc(Cl)cc21. The Kier molecular flexibility index (Phi) is 8.29. The molecule has 1 aromatic heterocycles. The number of thiazole rings is 1. The Bertz CT molecular complexity index is 1210. The Morgan fingerprint density at radius 3 is 2.55 bits per heavy atom. The van der Waals surface area contributed by atoms with Crippen molar-refractivity contribution in [2.45, 2.75) is 31.2 Å². The molecule has 0 aliphatic carbocycles. The molecule has 0 atom stereocenters. The fraction of sp³-hybridized carbons (Fsp3) is 0.286. The van der Waals surface area contributed by atoms with Gasteiger partial charge in [0.15, 0.2) is 0 Å². The zero-order chi connectivity index (χ0) is 22.6. The van der Waals surface area contributed by atoms with Crippen LogP contribution in [-0.2, 0) is 16.7 Å². The van der Waals surface area contributed by atoms with Crippen molar-refractivity contribution >= 4 is 72.3 Å². The number of aromatic nitrogens is 1. The summed E-state index contributed by atoms with van der Waals surface area (Å²) in [4.78, 5) is 3.44. The number of nitrogens with zero attached hydrogens (tertiary/aromatic N) is 2. The lowest BCUT2D eigenvalue weighted by Crippen LogP contribution is -2.31. The van der Waals surface area contributed by atoms with E-state index in [1.54, 1.807) is 23.1 Å². The molecule has 31 heavy (non-hydrogen) atoms. The third-order valence-corrected chi connectivity index (χ3v) is 8.16. The van der Waals surface area contributed by atoms with Crippen molar-refractivity contribution in [3.8, 4) is 0 Å². The molecule has 0 unspecified atom stereocenters. The van der Waals surface area contributed by atoms with Crippen molar-refractivity contribution in [1.29, 1.82) is 0 Å². The molecule has 1 aliphatic rings. The molecule has 0 radical (unpaired) electrons. The second-order valence-electron chi connectivity index (χ2n) is 6.90. The van der Waals surface area contributed by atoms with Gasteiger partial charge in [-0.15, -0.1) is 0 Å². The number of hydrogen-bond donors (Lipinski definition) is 0. The van der Waals surface area contributed by atoms with E-state index in [1.165, 1.54) is 15.6 Å². The Morgan fingerprint density at radius 2 is 1.84 bits per heavy atom. The highest BCUT2D eigenvalue weighted by molar-refractivity contribution is 8.03. The van der Waals surface area contributed by atoms with Gasteiger partial charge in [0.2, 0.25) is 11.0 Å². The average Bonchev–Trinajstić information content (AvgIpc) is 3.25. The standard InChI is InChI=1S/C11H12ClNO3S2.C10H10ClNS/c12-9-3-4-11-10(7-9)13(8-17-11)5-1-2-6-18(14,15)16;1-3-10-12(2)8-6-7(11)4-5-9(8)13-10/h3-4,7-8H,1-2,5-6H2;3-6H,1-2H3. The second kappa shape index (κ2) is 10.6. The van der Waals surface area contributed by atoms with E-state index < -0.39 is 10.1 Å². The molecule has 166 valence electrons. The van der Waals surface area contributed by atoms with E-state index in [1.807, 2.05) is 47.3 Å². The number of unbranched alkanes of at least 4 members (excludes halogenated alkanes) is 1. The first-order valence-corrected chi connectivity index (χ1v) is 13.6. The smallest absolute Gasteiger partial charge is 0.225 e. The molecule has 3 aromatic rings. The molecule has 0 N–H and O–H groups in total. The van der Waals surface area contributed by atoms with Gasteiger partial charge in [0, 0.05) is 40.2 Å². The van der Waals surface area contributed by atoms with Gasteiger partial charge in [0.1, 0.15) is 11.2 Å². The van der Waals surface area contributed by atoms with Crippen molar-refractivity contribution in [3.05, 3.63) is 63.1 Å². The van der Waals surface area contributed by atoms with E-state index in [4.69, 9.17) is 23.2 Å². The summed E-state index contributed by atoms with van der Waals surface area (Å²) in [5, 5.41) is 2.73. The molecule has 0 saturated carbocycles. The number of benzene rings is 2. The Labute approximate surface area is 201 Å². The maximum absolute atomic E-state index is 10.5. The first kappa shape index (κ1) is 24.4. The molecular formula is C21H22Cl2N2O3S3.